The summed E-state index contributed by atoms with van der Waals surface area (Å²) in [6, 6.07) is 0. The first kappa shape index (κ1) is 88.9. The van der Waals surface area contributed by atoms with Crippen LogP contribution in [-0.4, -0.2) is 204 Å². The quantitative estimate of drug-likeness (QED) is 0.00886. The molecule has 0 amide bonds. The molecule has 0 bridgehead atoms. The van der Waals surface area contributed by atoms with Crippen molar-refractivity contribution >= 4 is 25.7 Å². The van der Waals surface area contributed by atoms with Crippen molar-refractivity contribution in [2.75, 3.05) is 26.4 Å². The molecule has 0 aromatic rings. The van der Waals surface area contributed by atoms with Gasteiger partial charge in [-0.15, -0.1) is 0 Å². The summed E-state index contributed by atoms with van der Waals surface area (Å²) in [4.78, 5) is 50.9. The van der Waals surface area contributed by atoms with E-state index in [1.54, 1.807) is 0 Å². The number of hydrogen-bond donors (Lipinski definition) is 11. The largest absolute Gasteiger partial charge is 0.472 e. The van der Waals surface area contributed by atoms with Crippen LogP contribution in [0.25, 0.3) is 0 Å². The van der Waals surface area contributed by atoms with Crippen LogP contribution in [0.1, 0.15) is 297 Å². The maximum Gasteiger partial charge on any atom is 0.472 e. The van der Waals surface area contributed by atoms with Crippen molar-refractivity contribution in [1.82, 2.24) is 0 Å². The van der Waals surface area contributed by atoms with E-state index in [0.717, 1.165) is 96.3 Å². The van der Waals surface area contributed by atoms with Gasteiger partial charge < -0.3 is 89.1 Å². The van der Waals surface area contributed by atoms with Gasteiger partial charge in [-0.2, -0.15) is 0 Å². The summed E-state index contributed by atoms with van der Waals surface area (Å²) in [5, 5.41) is 110. The number of esters is 3. The molecule has 1 aliphatic carbocycles. The fourth-order valence-corrected chi connectivity index (χ4v) is 13.5. The molecular formula is C72H133O24P. The highest BCUT2D eigenvalue weighted by Gasteiger charge is 2.58. The van der Waals surface area contributed by atoms with Crippen molar-refractivity contribution in [3.63, 3.8) is 0 Å². The minimum Gasteiger partial charge on any atom is -0.463 e. The monoisotopic (exact) mass is 1410 g/mol. The molecule has 3 aliphatic rings. The summed E-state index contributed by atoms with van der Waals surface area (Å²) in [6.07, 6.45) is 12.8. The minimum atomic E-state index is -5.69. The van der Waals surface area contributed by atoms with Gasteiger partial charge in [0, 0.05) is 19.3 Å². The van der Waals surface area contributed by atoms with Crippen molar-refractivity contribution in [3.8, 4) is 0 Å². The molecule has 97 heavy (non-hydrogen) atoms. The number of carbonyl (C=O) groups excluding carboxylic acids is 3. The fraction of sp³-hybridized carbons (Fsp3) is 0.931. The van der Waals surface area contributed by atoms with Crippen molar-refractivity contribution in [2.24, 2.45) is 0 Å². The highest BCUT2D eigenvalue weighted by Crippen LogP contribution is 2.49. The lowest BCUT2D eigenvalue weighted by atomic mass is 9.84. The highest BCUT2D eigenvalue weighted by atomic mass is 31.2. The second-order valence-electron chi connectivity index (χ2n) is 27.4. The summed E-state index contributed by atoms with van der Waals surface area (Å²) in [6.45, 7) is 3.43. The van der Waals surface area contributed by atoms with Crippen molar-refractivity contribution in [2.45, 2.75) is 401 Å². The molecule has 18 unspecified atom stereocenters. The van der Waals surface area contributed by atoms with Gasteiger partial charge in [-0.05, 0) is 44.9 Å². The number of phosphoric ester groups is 1. The van der Waals surface area contributed by atoms with Crippen LogP contribution in [-0.2, 0) is 61.2 Å². The SMILES string of the molecule is CCCCCCCC/C=C\CCCCCC(=O)OCC(COP(=O)(O)OC1C(OC2OC(CO)C(O)C(O)C2O)C(O)C(O)C(O)C1OC1OC(COC(=O)CCCCCCCCCCCCCCCCCC)C(O)C(O)C1O)OC(=O)CCCCCCCCCCCCCCC. The van der Waals surface area contributed by atoms with E-state index in [1.165, 1.54) is 141 Å². The summed E-state index contributed by atoms with van der Waals surface area (Å²) in [7, 11) is -5.69. The Labute approximate surface area is 580 Å². The predicted molar refractivity (Wildman–Crippen MR) is 365 cm³/mol. The van der Waals surface area contributed by atoms with Crippen molar-refractivity contribution < 1.29 is 117 Å². The molecule has 3 rings (SSSR count). The molecule has 0 spiro atoms. The number of phosphoric acid groups is 1. The highest BCUT2D eigenvalue weighted by molar-refractivity contribution is 7.47. The fourth-order valence-electron chi connectivity index (χ4n) is 12.6. The van der Waals surface area contributed by atoms with E-state index in [9.17, 15) is 74.9 Å². The Morgan fingerprint density at radius 3 is 1.12 bits per heavy atom. The molecule has 25 heteroatoms. The normalized spacial score (nSPS) is 27.8. The lowest BCUT2D eigenvalue weighted by Crippen LogP contribution is -2.69. The van der Waals surface area contributed by atoms with Crippen LogP contribution in [0.15, 0.2) is 12.2 Å². The van der Waals surface area contributed by atoms with Crippen LogP contribution >= 0.6 is 7.82 Å². The lowest BCUT2D eigenvalue weighted by molar-refractivity contribution is -0.360. The van der Waals surface area contributed by atoms with Crippen LogP contribution in [0.2, 0.25) is 0 Å². The van der Waals surface area contributed by atoms with E-state index < -0.39 is 156 Å². The van der Waals surface area contributed by atoms with E-state index in [4.69, 9.17) is 42.2 Å². The number of hydrogen-bond acceptors (Lipinski definition) is 23. The van der Waals surface area contributed by atoms with Gasteiger partial charge in [-0.3, -0.25) is 23.4 Å². The third kappa shape index (κ3) is 37.6. The van der Waals surface area contributed by atoms with Gasteiger partial charge in [-0.25, -0.2) is 4.57 Å². The summed E-state index contributed by atoms with van der Waals surface area (Å²) in [5.74, 6) is -2.00. The molecule has 18 atom stereocenters. The van der Waals surface area contributed by atoms with Crippen LogP contribution in [0.3, 0.4) is 0 Å². The van der Waals surface area contributed by atoms with E-state index in [-0.39, 0.29) is 19.3 Å². The first-order valence-electron chi connectivity index (χ1n) is 38.0. The topological polar surface area (TPSA) is 374 Å². The third-order valence-corrected chi connectivity index (χ3v) is 19.8. The Morgan fingerprint density at radius 1 is 0.392 bits per heavy atom. The van der Waals surface area contributed by atoms with Gasteiger partial charge in [0.1, 0.15) is 98.7 Å². The molecule has 3 fully saturated rings. The summed E-state index contributed by atoms with van der Waals surface area (Å²) >= 11 is 0. The number of aliphatic hydroxyl groups excluding tert-OH is 10. The van der Waals surface area contributed by atoms with E-state index in [1.807, 2.05) is 0 Å². The van der Waals surface area contributed by atoms with Gasteiger partial charge in [-0.1, -0.05) is 245 Å². The van der Waals surface area contributed by atoms with Gasteiger partial charge in [0.15, 0.2) is 18.7 Å². The van der Waals surface area contributed by atoms with Gasteiger partial charge in [0.2, 0.25) is 0 Å². The molecule has 11 N–H and O–H groups in total. The number of aliphatic hydroxyl groups is 10. The zero-order valence-electron chi connectivity index (χ0n) is 59.4. The van der Waals surface area contributed by atoms with E-state index in [2.05, 4.69) is 32.9 Å². The zero-order chi connectivity index (χ0) is 71.1. The molecule has 1 saturated carbocycles. The number of rotatable bonds is 59. The predicted octanol–water partition coefficient (Wildman–Crippen LogP) is 10.4. The Hall–Kier alpha value is -2.30. The smallest absolute Gasteiger partial charge is 0.463 e. The second kappa shape index (κ2) is 54.4. The maximum absolute atomic E-state index is 14.3. The molecule has 2 aliphatic heterocycles. The summed E-state index contributed by atoms with van der Waals surface area (Å²) in [5.41, 5.74) is 0. The number of allylic oxidation sites excluding steroid dienone is 2. The summed E-state index contributed by atoms with van der Waals surface area (Å²) < 4.78 is 65.0. The number of carbonyl (C=O) groups is 3. The van der Waals surface area contributed by atoms with Crippen LogP contribution in [0.5, 0.6) is 0 Å². The average molecular weight is 1410 g/mol. The first-order chi connectivity index (χ1) is 46.8. The van der Waals surface area contributed by atoms with Crippen LogP contribution < -0.4 is 0 Å². The molecule has 2 saturated heterocycles. The molecule has 0 radical (unpaired) electrons. The molecule has 2 heterocycles. The van der Waals surface area contributed by atoms with Crippen molar-refractivity contribution in [3.05, 3.63) is 12.2 Å². The standard InChI is InChI=1S/C72H133O24P/c1-4-7-10-13-16-19-22-25-26-27-30-32-35-38-41-44-47-57(75)89-52-55-60(78)62(80)67(85)72(93-55)95-69-65(83)63(81)64(82)68(94-71-66(84)61(79)59(77)54(49-73)92-71)70(69)96-97(86,87)90-51-53(91-58(76)48-45-42-39-36-33-29-24-21-18-15-12-9-6-3)50-88-56(74)46-43-40-37-34-31-28-23-20-17-14-11-8-5-2/h28,31,53-55,59-73,77-85H,4-27,29-30,32-52H2,1-3H3,(H,86,87)/b31-28-. The van der Waals surface area contributed by atoms with Crippen LogP contribution in [0.4, 0.5) is 0 Å². The molecule has 570 valence electrons. The van der Waals surface area contributed by atoms with Crippen molar-refractivity contribution in [1.29, 1.82) is 0 Å². The third-order valence-electron chi connectivity index (χ3n) is 18.8. The second-order valence-corrected chi connectivity index (χ2v) is 28.8. The van der Waals surface area contributed by atoms with Gasteiger partial charge in [0.05, 0.1) is 13.2 Å². The number of ether oxygens (including phenoxy) is 7. The lowest BCUT2D eigenvalue weighted by Gasteiger charge is -2.49. The van der Waals surface area contributed by atoms with Crippen LogP contribution in [0, 0.1) is 0 Å². The Kier molecular flexibility index (Phi) is 49.8. The van der Waals surface area contributed by atoms with E-state index >= 15 is 0 Å². The number of unbranched alkanes of at least 4 members (excludes halogenated alkanes) is 36. The minimum absolute atomic E-state index is 0.0276. The van der Waals surface area contributed by atoms with E-state index in [0.29, 0.717) is 19.3 Å². The Bertz CT molecular complexity index is 2060. The molecule has 24 nitrogen and oxygen atoms in total. The molecule has 0 aromatic heterocycles. The van der Waals surface area contributed by atoms with Gasteiger partial charge in [0.25, 0.3) is 0 Å². The average Bonchev–Trinajstić information content (AvgIpc) is 0.763. The molecular weight excluding hydrogens is 1280 g/mol. The maximum atomic E-state index is 14.3. The zero-order valence-corrected chi connectivity index (χ0v) is 60.3. The molecule has 0 aromatic carbocycles. The van der Waals surface area contributed by atoms with Gasteiger partial charge >= 0.3 is 25.7 Å². The first-order valence-corrected chi connectivity index (χ1v) is 39.5. The Balaban J connectivity index is 1.73. The Morgan fingerprint density at radius 2 is 0.722 bits per heavy atom.